The van der Waals surface area contributed by atoms with E-state index in [0.717, 1.165) is 31.6 Å². The summed E-state index contributed by atoms with van der Waals surface area (Å²) in [5.74, 6) is 0.600. The molecule has 1 saturated carbocycles. The molecule has 0 atom stereocenters. The highest BCUT2D eigenvalue weighted by atomic mass is 19.1. The third-order valence-electron chi connectivity index (χ3n) is 5.42. The summed E-state index contributed by atoms with van der Waals surface area (Å²) in [7, 11) is 4.07. The lowest BCUT2D eigenvalue weighted by Gasteiger charge is -2.46. The first-order valence-electron chi connectivity index (χ1n) is 7.96. The zero-order chi connectivity index (χ0) is 15.6. The van der Waals surface area contributed by atoms with Crippen LogP contribution in [0.15, 0.2) is 18.2 Å². The second-order valence-electron chi connectivity index (χ2n) is 7.08. The molecule has 0 saturated heterocycles. The fraction of sp³-hybridized carbons (Fsp3) is 0.667. The fourth-order valence-electron chi connectivity index (χ4n) is 3.66. The molecular weight excluding hydrogens is 268 g/mol. The summed E-state index contributed by atoms with van der Waals surface area (Å²) >= 11 is 0. The molecule has 0 aromatic heterocycles. The van der Waals surface area contributed by atoms with Crippen LogP contribution in [0, 0.1) is 23.5 Å². The monoisotopic (exact) mass is 295 g/mol. The Morgan fingerprint density at radius 2 is 1.67 bits per heavy atom. The predicted octanol–water partition coefficient (Wildman–Crippen LogP) is 4.65. The van der Waals surface area contributed by atoms with E-state index in [1.54, 1.807) is 0 Å². The Morgan fingerprint density at radius 1 is 1.14 bits per heavy atom. The van der Waals surface area contributed by atoms with Gasteiger partial charge in [0.05, 0.1) is 0 Å². The Morgan fingerprint density at radius 3 is 2.10 bits per heavy atom. The number of hydrogen-bond donors (Lipinski definition) is 0. The first-order chi connectivity index (χ1) is 9.85. The molecule has 0 unspecified atom stereocenters. The topological polar surface area (TPSA) is 3.24 Å². The molecule has 1 aromatic carbocycles. The Balaban J connectivity index is 2.21. The lowest BCUT2D eigenvalue weighted by atomic mass is 9.70. The average molecular weight is 295 g/mol. The summed E-state index contributed by atoms with van der Waals surface area (Å²) in [5.41, 5.74) is 0.128. The van der Waals surface area contributed by atoms with Crippen molar-refractivity contribution in [1.29, 1.82) is 0 Å². The smallest absolute Gasteiger partial charge is 0.129 e. The van der Waals surface area contributed by atoms with Gasteiger partial charge in [-0.05, 0) is 70.2 Å². The van der Waals surface area contributed by atoms with Gasteiger partial charge < -0.3 is 4.90 Å². The highest BCUT2D eigenvalue weighted by Crippen LogP contribution is 2.40. The molecule has 0 heterocycles. The van der Waals surface area contributed by atoms with E-state index in [4.69, 9.17) is 0 Å². The van der Waals surface area contributed by atoms with Crippen molar-refractivity contribution in [2.45, 2.75) is 51.5 Å². The summed E-state index contributed by atoms with van der Waals surface area (Å²) in [4.78, 5) is 2.18. The van der Waals surface area contributed by atoms with Crippen LogP contribution in [0.5, 0.6) is 0 Å². The second kappa shape index (κ2) is 6.43. The number of benzene rings is 1. The van der Waals surface area contributed by atoms with Gasteiger partial charge in [0.1, 0.15) is 11.6 Å². The van der Waals surface area contributed by atoms with Crippen LogP contribution in [-0.4, -0.2) is 24.5 Å². The lowest BCUT2D eigenvalue weighted by molar-refractivity contribution is 0.0668. The Labute approximate surface area is 127 Å². The molecule has 1 fully saturated rings. The molecule has 3 heteroatoms. The van der Waals surface area contributed by atoms with Gasteiger partial charge in [0.25, 0.3) is 0 Å². The maximum atomic E-state index is 14.0. The number of nitrogens with zero attached hydrogens (tertiary/aromatic N) is 1. The summed E-state index contributed by atoms with van der Waals surface area (Å²) in [5, 5.41) is 0. The van der Waals surface area contributed by atoms with E-state index in [-0.39, 0.29) is 11.1 Å². The van der Waals surface area contributed by atoms with Gasteiger partial charge in [0, 0.05) is 11.1 Å². The fourth-order valence-corrected chi connectivity index (χ4v) is 3.66. The van der Waals surface area contributed by atoms with E-state index < -0.39 is 11.6 Å². The molecule has 0 bridgehead atoms. The van der Waals surface area contributed by atoms with Gasteiger partial charge in [0.2, 0.25) is 0 Å². The summed E-state index contributed by atoms with van der Waals surface area (Å²) in [6, 6.07) is 4.16. The van der Waals surface area contributed by atoms with E-state index in [1.165, 1.54) is 18.2 Å². The van der Waals surface area contributed by atoms with Gasteiger partial charge in [-0.3, -0.25) is 0 Å². The van der Waals surface area contributed by atoms with Gasteiger partial charge >= 0.3 is 0 Å². The van der Waals surface area contributed by atoms with Crippen LogP contribution < -0.4 is 0 Å². The summed E-state index contributed by atoms with van der Waals surface area (Å²) in [6.45, 7) is 4.54. The molecule has 1 nitrogen and oxygen atoms in total. The maximum absolute atomic E-state index is 14.0. The van der Waals surface area contributed by atoms with Crippen LogP contribution in [0.25, 0.3) is 0 Å². The lowest BCUT2D eigenvalue weighted by Crippen LogP contribution is -2.49. The minimum absolute atomic E-state index is 0.117. The van der Waals surface area contributed by atoms with Gasteiger partial charge in [0.15, 0.2) is 0 Å². The SMILES string of the molecule is CC(C)C1CCC(Cc2c(F)cccc2F)(N(C)C)CC1. The van der Waals surface area contributed by atoms with E-state index >= 15 is 0 Å². The molecule has 118 valence electrons. The van der Waals surface area contributed by atoms with E-state index in [9.17, 15) is 8.78 Å². The van der Waals surface area contributed by atoms with Crippen molar-refractivity contribution >= 4 is 0 Å². The minimum Gasteiger partial charge on any atom is -0.303 e. The van der Waals surface area contributed by atoms with Crippen LogP contribution in [0.2, 0.25) is 0 Å². The first kappa shape index (κ1) is 16.4. The van der Waals surface area contributed by atoms with E-state index in [0.29, 0.717) is 12.3 Å². The van der Waals surface area contributed by atoms with Crippen LogP contribution >= 0.6 is 0 Å². The largest absolute Gasteiger partial charge is 0.303 e. The van der Waals surface area contributed by atoms with Crippen LogP contribution in [0.3, 0.4) is 0 Å². The third-order valence-corrected chi connectivity index (χ3v) is 5.42. The molecular formula is C18H27F2N. The van der Waals surface area contributed by atoms with Gasteiger partial charge in [-0.2, -0.15) is 0 Å². The first-order valence-corrected chi connectivity index (χ1v) is 7.96. The molecule has 1 aliphatic carbocycles. The Hall–Kier alpha value is -0.960. The quantitative estimate of drug-likeness (QED) is 0.781. The maximum Gasteiger partial charge on any atom is 0.129 e. The van der Waals surface area contributed by atoms with Crippen molar-refractivity contribution in [2.24, 2.45) is 11.8 Å². The molecule has 0 radical (unpaired) electrons. The van der Waals surface area contributed by atoms with Gasteiger partial charge in [-0.1, -0.05) is 19.9 Å². The second-order valence-corrected chi connectivity index (χ2v) is 7.08. The number of hydrogen-bond acceptors (Lipinski definition) is 1. The van der Waals surface area contributed by atoms with Crippen molar-refractivity contribution in [3.63, 3.8) is 0 Å². The van der Waals surface area contributed by atoms with Crippen molar-refractivity contribution in [3.05, 3.63) is 35.4 Å². The zero-order valence-electron chi connectivity index (χ0n) is 13.6. The standard InChI is InChI=1S/C18H27F2N/c1-13(2)14-8-10-18(11-9-14,21(3)4)12-15-16(19)6-5-7-17(15)20/h5-7,13-14H,8-12H2,1-4H3. The Kier molecular flexibility index (Phi) is 5.03. The number of rotatable bonds is 4. The van der Waals surface area contributed by atoms with Crippen molar-refractivity contribution in [2.75, 3.05) is 14.1 Å². The number of halogens is 2. The summed E-state index contributed by atoms with van der Waals surface area (Å²) < 4.78 is 28.0. The van der Waals surface area contributed by atoms with Crippen LogP contribution in [0.4, 0.5) is 8.78 Å². The molecule has 21 heavy (non-hydrogen) atoms. The van der Waals surface area contributed by atoms with Gasteiger partial charge in [-0.15, -0.1) is 0 Å². The highest BCUT2D eigenvalue weighted by molar-refractivity contribution is 5.22. The van der Waals surface area contributed by atoms with Crippen LogP contribution in [-0.2, 0) is 6.42 Å². The molecule has 2 rings (SSSR count). The average Bonchev–Trinajstić information content (AvgIpc) is 2.43. The predicted molar refractivity (Wildman–Crippen MR) is 83.3 cm³/mol. The molecule has 0 amide bonds. The molecule has 0 spiro atoms. The molecule has 0 N–H and O–H groups in total. The highest BCUT2D eigenvalue weighted by Gasteiger charge is 2.39. The summed E-state index contributed by atoms with van der Waals surface area (Å²) in [6.07, 6.45) is 4.77. The van der Waals surface area contributed by atoms with Crippen molar-refractivity contribution in [3.8, 4) is 0 Å². The minimum atomic E-state index is -0.415. The van der Waals surface area contributed by atoms with Crippen molar-refractivity contribution in [1.82, 2.24) is 4.90 Å². The molecule has 0 aliphatic heterocycles. The van der Waals surface area contributed by atoms with Crippen LogP contribution in [0.1, 0.15) is 45.1 Å². The zero-order valence-corrected chi connectivity index (χ0v) is 13.6. The van der Waals surface area contributed by atoms with E-state index in [1.807, 2.05) is 14.1 Å². The molecule has 1 aliphatic rings. The van der Waals surface area contributed by atoms with E-state index in [2.05, 4.69) is 18.7 Å². The van der Waals surface area contributed by atoms with Crippen molar-refractivity contribution < 1.29 is 8.78 Å². The van der Waals surface area contributed by atoms with Gasteiger partial charge in [-0.25, -0.2) is 8.78 Å². The third kappa shape index (κ3) is 3.45. The normalized spacial score (nSPS) is 26.6. The Bertz CT molecular complexity index is 454. The molecule has 1 aromatic rings. The number of likely N-dealkylation sites (N-methyl/N-ethyl adjacent to an activating group) is 1.